The van der Waals surface area contributed by atoms with Gasteiger partial charge in [-0.25, -0.2) is 0 Å². The quantitative estimate of drug-likeness (QED) is 0.655. The SMILES string of the molecule is CN1Cc2cc(Cl)ccc2-n2c(nnc2C2CCC(c3cnccn3)CC2)C1. The maximum Gasteiger partial charge on any atom is 0.151 e. The molecule has 0 spiro atoms. The standard InChI is InChI=1S/C21H23ClN6/c1-27-12-16-10-17(22)6-7-19(16)28-20(13-27)25-26-21(28)15-4-2-14(3-5-15)18-11-23-8-9-24-18/h6-11,14-15H,2-5,12-13H2,1H3. The highest BCUT2D eigenvalue weighted by atomic mass is 35.5. The fourth-order valence-corrected chi connectivity index (χ4v) is 4.81. The number of halogens is 1. The molecule has 0 N–H and O–H groups in total. The second-order valence-electron chi connectivity index (χ2n) is 7.93. The molecule has 0 atom stereocenters. The summed E-state index contributed by atoms with van der Waals surface area (Å²) >= 11 is 6.27. The average molecular weight is 395 g/mol. The summed E-state index contributed by atoms with van der Waals surface area (Å²) in [5.74, 6) is 3.01. The number of hydrogen-bond acceptors (Lipinski definition) is 5. The molecule has 0 saturated heterocycles. The molecule has 1 aromatic carbocycles. The van der Waals surface area contributed by atoms with Crippen LogP contribution in [0.2, 0.25) is 5.02 Å². The van der Waals surface area contributed by atoms with Crippen molar-refractivity contribution in [3.63, 3.8) is 0 Å². The Kier molecular flexibility index (Phi) is 4.61. The van der Waals surface area contributed by atoms with E-state index in [1.165, 1.54) is 11.3 Å². The zero-order valence-corrected chi connectivity index (χ0v) is 16.7. The molecule has 2 aliphatic rings. The summed E-state index contributed by atoms with van der Waals surface area (Å²) in [5, 5.41) is 9.97. The summed E-state index contributed by atoms with van der Waals surface area (Å²) in [6.07, 6.45) is 9.84. The number of aromatic nitrogens is 5. The molecule has 1 aliphatic heterocycles. The minimum Gasteiger partial charge on any atom is -0.295 e. The van der Waals surface area contributed by atoms with Gasteiger partial charge in [0.2, 0.25) is 0 Å². The number of fused-ring (bicyclic) bond motifs is 3. The Labute approximate surface area is 169 Å². The van der Waals surface area contributed by atoms with Crippen LogP contribution < -0.4 is 0 Å². The molecular formula is C21H23ClN6. The molecule has 28 heavy (non-hydrogen) atoms. The lowest BCUT2D eigenvalue weighted by Gasteiger charge is -2.28. The highest BCUT2D eigenvalue weighted by Crippen LogP contribution is 2.40. The Bertz CT molecular complexity index is 978. The van der Waals surface area contributed by atoms with E-state index in [1.807, 2.05) is 12.3 Å². The van der Waals surface area contributed by atoms with Crippen LogP contribution in [-0.2, 0) is 13.1 Å². The van der Waals surface area contributed by atoms with E-state index < -0.39 is 0 Å². The van der Waals surface area contributed by atoms with E-state index >= 15 is 0 Å². The lowest BCUT2D eigenvalue weighted by molar-refractivity contribution is 0.315. The van der Waals surface area contributed by atoms with Gasteiger partial charge < -0.3 is 0 Å². The Morgan fingerprint density at radius 1 is 1.00 bits per heavy atom. The van der Waals surface area contributed by atoms with Crippen molar-refractivity contribution in [1.29, 1.82) is 0 Å². The van der Waals surface area contributed by atoms with Gasteiger partial charge in [0.15, 0.2) is 5.82 Å². The molecule has 6 nitrogen and oxygen atoms in total. The fourth-order valence-electron chi connectivity index (χ4n) is 4.62. The Hall–Kier alpha value is -2.31. The van der Waals surface area contributed by atoms with Gasteiger partial charge in [0.25, 0.3) is 0 Å². The second kappa shape index (κ2) is 7.26. The van der Waals surface area contributed by atoms with Gasteiger partial charge in [-0.3, -0.25) is 19.4 Å². The van der Waals surface area contributed by atoms with Crippen molar-refractivity contribution < 1.29 is 0 Å². The first-order valence-electron chi connectivity index (χ1n) is 9.86. The van der Waals surface area contributed by atoms with E-state index in [4.69, 9.17) is 11.6 Å². The lowest BCUT2D eigenvalue weighted by atomic mass is 9.80. The summed E-state index contributed by atoms with van der Waals surface area (Å²) in [6.45, 7) is 1.65. The third-order valence-electron chi connectivity index (χ3n) is 5.98. The van der Waals surface area contributed by atoms with Crippen LogP contribution >= 0.6 is 11.6 Å². The predicted molar refractivity (Wildman–Crippen MR) is 108 cm³/mol. The first-order chi connectivity index (χ1) is 13.7. The summed E-state index contributed by atoms with van der Waals surface area (Å²) in [5.41, 5.74) is 3.51. The summed E-state index contributed by atoms with van der Waals surface area (Å²) in [4.78, 5) is 11.0. The van der Waals surface area contributed by atoms with Gasteiger partial charge >= 0.3 is 0 Å². The highest BCUT2D eigenvalue weighted by Gasteiger charge is 2.30. The topological polar surface area (TPSA) is 59.7 Å². The molecule has 0 amide bonds. The van der Waals surface area contributed by atoms with E-state index in [0.29, 0.717) is 11.8 Å². The van der Waals surface area contributed by atoms with Crippen LogP contribution in [0.3, 0.4) is 0 Å². The number of nitrogens with zero attached hydrogens (tertiary/aromatic N) is 6. The molecular weight excluding hydrogens is 372 g/mol. The molecule has 7 heteroatoms. The van der Waals surface area contributed by atoms with E-state index in [0.717, 1.165) is 61.1 Å². The van der Waals surface area contributed by atoms with Crippen LogP contribution in [-0.4, -0.2) is 36.7 Å². The predicted octanol–water partition coefficient (Wildman–Crippen LogP) is 4.10. The maximum absolute atomic E-state index is 6.27. The number of hydrogen-bond donors (Lipinski definition) is 0. The van der Waals surface area contributed by atoms with Crippen molar-refractivity contribution in [3.05, 3.63) is 64.7 Å². The minimum absolute atomic E-state index is 0.418. The van der Waals surface area contributed by atoms with Gasteiger partial charge in [-0.05, 0) is 56.5 Å². The third-order valence-corrected chi connectivity index (χ3v) is 6.22. The second-order valence-corrected chi connectivity index (χ2v) is 8.37. The molecule has 2 aromatic heterocycles. The summed E-state index contributed by atoms with van der Waals surface area (Å²) in [7, 11) is 2.11. The first-order valence-corrected chi connectivity index (χ1v) is 10.2. The average Bonchev–Trinajstić information content (AvgIpc) is 3.06. The monoisotopic (exact) mass is 394 g/mol. The van der Waals surface area contributed by atoms with Crippen LogP contribution in [0.4, 0.5) is 0 Å². The molecule has 5 rings (SSSR count). The molecule has 1 fully saturated rings. The third kappa shape index (κ3) is 3.20. The molecule has 144 valence electrons. The molecule has 1 aliphatic carbocycles. The maximum atomic E-state index is 6.27. The van der Waals surface area contributed by atoms with Crippen LogP contribution in [0.5, 0.6) is 0 Å². The largest absolute Gasteiger partial charge is 0.295 e. The normalized spacial score (nSPS) is 22.4. The molecule has 0 radical (unpaired) electrons. The van der Waals surface area contributed by atoms with Gasteiger partial charge in [0, 0.05) is 42.0 Å². The first kappa shape index (κ1) is 17.8. The lowest BCUT2D eigenvalue weighted by Crippen LogP contribution is -2.17. The molecule has 1 saturated carbocycles. The van der Waals surface area contributed by atoms with Gasteiger partial charge in [-0.15, -0.1) is 10.2 Å². The van der Waals surface area contributed by atoms with Crippen molar-refractivity contribution in [1.82, 2.24) is 29.6 Å². The van der Waals surface area contributed by atoms with Crippen molar-refractivity contribution >= 4 is 11.6 Å². The molecule has 0 bridgehead atoms. The van der Waals surface area contributed by atoms with Crippen LogP contribution in [0.15, 0.2) is 36.8 Å². The van der Waals surface area contributed by atoms with Crippen molar-refractivity contribution in [2.24, 2.45) is 0 Å². The molecule has 3 aromatic rings. The molecule has 0 unspecified atom stereocenters. The fraction of sp³-hybridized carbons (Fsp3) is 0.429. The van der Waals surface area contributed by atoms with Crippen LogP contribution in [0.25, 0.3) is 5.69 Å². The summed E-state index contributed by atoms with van der Waals surface area (Å²) < 4.78 is 2.28. The number of benzene rings is 1. The van der Waals surface area contributed by atoms with E-state index in [2.05, 4.69) is 48.8 Å². The number of rotatable bonds is 2. The minimum atomic E-state index is 0.418. The van der Waals surface area contributed by atoms with Crippen LogP contribution in [0, 0.1) is 0 Å². The smallest absolute Gasteiger partial charge is 0.151 e. The molecule has 3 heterocycles. The van der Waals surface area contributed by atoms with Gasteiger partial charge in [-0.2, -0.15) is 0 Å². The zero-order valence-electron chi connectivity index (χ0n) is 15.9. The Morgan fingerprint density at radius 3 is 2.61 bits per heavy atom. The van der Waals surface area contributed by atoms with E-state index in [1.54, 1.807) is 12.4 Å². The van der Waals surface area contributed by atoms with E-state index in [-0.39, 0.29) is 0 Å². The Balaban J connectivity index is 1.45. The van der Waals surface area contributed by atoms with Gasteiger partial charge in [0.05, 0.1) is 17.9 Å². The van der Waals surface area contributed by atoms with Crippen molar-refractivity contribution in [2.75, 3.05) is 7.05 Å². The Morgan fingerprint density at radius 2 is 1.82 bits per heavy atom. The summed E-state index contributed by atoms with van der Waals surface area (Å²) in [6, 6.07) is 6.14. The van der Waals surface area contributed by atoms with Crippen molar-refractivity contribution in [2.45, 2.75) is 50.6 Å². The van der Waals surface area contributed by atoms with Crippen LogP contribution in [0.1, 0.15) is 60.4 Å². The van der Waals surface area contributed by atoms with Gasteiger partial charge in [0.1, 0.15) is 5.82 Å². The zero-order chi connectivity index (χ0) is 19.1. The highest BCUT2D eigenvalue weighted by molar-refractivity contribution is 6.30. The van der Waals surface area contributed by atoms with Crippen molar-refractivity contribution in [3.8, 4) is 5.69 Å². The van der Waals surface area contributed by atoms with Gasteiger partial charge in [-0.1, -0.05) is 11.6 Å². The van der Waals surface area contributed by atoms with E-state index in [9.17, 15) is 0 Å².